The van der Waals surface area contributed by atoms with Crippen molar-refractivity contribution in [2.45, 2.75) is 26.0 Å². The normalized spacial score (nSPS) is 18.5. The molecule has 1 saturated heterocycles. The average molecular weight is 389 g/mol. The Balaban J connectivity index is 1.69. The summed E-state index contributed by atoms with van der Waals surface area (Å²) in [5, 5.41) is 0. The highest BCUT2D eigenvalue weighted by molar-refractivity contribution is 7.80. The van der Waals surface area contributed by atoms with Gasteiger partial charge in [-0.05, 0) is 31.0 Å². The van der Waals surface area contributed by atoms with Crippen molar-refractivity contribution in [2.24, 2.45) is 0 Å². The Labute approximate surface area is 163 Å². The Morgan fingerprint density at radius 1 is 1.26 bits per heavy atom. The third kappa shape index (κ3) is 3.72. The number of hydrogen-bond donors (Lipinski definition) is 1. The van der Waals surface area contributed by atoms with E-state index in [1.807, 2.05) is 23.6 Å². The lowest BCUT2D eigenvalue weighted by Crippen LogP contribution is -2.34. The Hall–Kier alpha value is -1.96. The minimum Gasteiger partial charge on any atom is -0.490 e. The molecule has 0 unspecified atom stereocenters. The second-order valence-electron chi connectivity index (χ2n) is 6.69. The molecule has 0 spiro atoms. The van der Waals surface area contributed by atoms with E-state index in [4.69, 9.17) is 18.9 Å². The highest BCUT2D eigenvalue weighted by atomic mass is 32.1. The van der Waals surface area contributed by atoms with E-state index in [2.05, 4.69) is 18.7 Å². The van der Waals surface area contributed by atoms with Crippen LogP contribution < -0.4 is 15.0 Å². The highest BCUT2D eigenvalue weighted by Gasteiger charge is 2.23. The van der Waals surface area contributed by atoms with Crippen LogP contribution in [-0.2, 0) is 22.4 Å². The predicted molar refractivity (Wildman–Crippen MR) is 105 cm³/mol. The number of fused-ring (bicyclic) bond motifs is 3. The lowest BCUT2D eigenvalue weighted by molar-refractivity contribution is -0.101. The van der Waals surface area contributed by atoms with E-state index in [9.17, 15) is 4.79 Å². The molecule has 0 saturated carbocycles. The maximum atomic E-state index is 12.7. The fraction of sp³-hybridized carbons (Fsp3) is 0.450. The van der Waals surface area contributed by atoms with E-state index in [-0.39, 0.29) is 11.7 Å². The van der Waals surface area contributed by atoms with Crippen LogP contribution in [0.2, 0.25) is 0 Å². The van der Waals surface area contributed by atoms with E-state index >= 15 is 0 Å². The summed E-state index contributed by atoms with van der Waals surface area (Å²) in [5.74, 6) is 1.63. The summed E-state index contributed by atoms with van der Waals surface area (Å²) in [4.78, 5) is 12.7. The molecule has 0 amide bonds. The summed E-state index contributed by atoms with van der Waals surface area (Å²) in [6.07, 6.45) is 0.704. The van der Waals surface area contributed by atoms with Crippen LogP contribution in [0, 0.1) is 6.92 Å². The number of nitrogens with zero attached hydrogens (tertiary/aromatic N) is 1. The SMILES string of the molecule is Cc1c(OC[C@H]2COCCO2)cc(=O)n2c1-c1cc(OCS)ccc1CC2. The number of aryl methyl sites for hydroxylation is 1. The summed E-state index contributed by atoms with van der Waals surface area (Å²) in [6, 6.07) is 7.55. The van der Waals surface area contributed by atoms with Crippen molar-refractivity contribution in [3.8, 4) is 22.8 Å². The molecular formula is C20H23NO5S. The third-order valence-corrected chi connectivity index (χ3v) is 5.13. The van der Waals surface area contributed by atoms with Crippen molar-refractivity contribution in [3.63, 3.8) is 0 Å². The molecule has 1 aromatic carbocycles. The third-order valence-electron chi connectivity index (χ3n) is 5.00. The highest BCUT2D eigenvalue weighted by Crippen LogP contribution is 2.36. The standard InChI is InChI=1S/C20H23NO5S/c1-13-18(25-11-16-10-23-6-7-24-16)9-19(22)21-5-4-14-2-3-15(26-12-27)8-17(14)20(13)21/h2-3,8-9,16,27H,4-7,10-12H2,1H3/t16-/m1/s1. The van der Waals surface area contributed by atoms with Crippen LogP contribution in [0.4, 0.5) is 0 Å². The van der Waals surface area contributed by atoms with Gasteiger partial charge in [-0.2, -0.15) is 0 Å². The zero-order chi connectivity index (χ0) is 18.8. The Kier molecular flexibility index (Phi) is 5.43. The largest absolute Gasteiger partial charge is 0.490 e. The average Bonchev–Trinajstić information content (AvgIpc) is 2.70. The molecule has 27 heavy (non-hydrogen) atoms. The van der Waals surface area contributed by atoms with Gasteiger partial charge in [-0.1, -0.05) is 6.07 Å². The molecular weight excluding hydrogens is 366 g/mol. The Bertz CT molecular complexity index is 889. The fourth-order valence-electron chi connectivity index (χ4n) is 3.65. The van der Waals surface area contributed by atoms with Crippen molar-refractivity contribution in [1.29, 1.82) is 0 Å². The summed E-state index contributed by atoms with van der Waals surface area (Å²) in [7, 11) is 0. The first-order chi connectivity index (χ1) is 13.2. The van der Waals surface area contributed by atoms with Gasteiger partial charge in [-0.15, -0.1) is 12.6 Å². The number of hydrogen-bond acceptors (Lipinski definition) is 6. The molecule has 0 bridgehead atoms. The Morgan fingerprint density at radius 3 is 2.93 bits per heavy atom. The van der Waals surface area contributed by atoms with Gasteiger partial charge in [0.15, 0.2) is 0 Å². The molecule has 1 atom stereocenters. The predicted octanol–water partition coefficient (Wildman–Crippen LogP) is 2.44. The van der Waals surface area contributed by atoms with Gasteiger partial charge >= 0.3 is 0 Å². The molecule has 2 aliphatic rings. The summed E-state index contributed by atoms with van der Waals surface area (Å²) >= 11 is 4.13. The zero-order valence-corrected chi connectivity index (χ0v) is 16.2. The molecule has 7 heteroatoms. The van der Waals surface area contributed by atoms with Crippen LogP contribution in [0.3, 0.4) is 0 Å². The number of thiol groups is 1. The molecule has 2 aromatic rings. The van der Waals surface area contributed by atoms with Crippen LogP contribution >= 0.6 is 12.6 Å². The first-order valence-corrected chi connectivity index (χ1v) is 9.74. The lowest BCUT2D eigenvalue weighted by atomic mass is 9.94. The van der Waals surface area contributed by atoms with Crippen LogP contribution in [0.15, 0.2) is 29.1 Å². The smallest absolute Gasteiger partial charge is 0.254 e. The number of pyridine rings is 1. The van der Waals surface area contributed by atoms with Gasteiger partial charge in [0.25, 0.3) is 5.56 Å². The molecule has 0 aliphatic carbocycles. The maximum Gasteiger partial charge on any atom is 0.254 e. The summed E-state index contributed by atoms with van der Waals surface area (Å²) in [6.45, 7) is 4.70. The Morgan fingerprint density at radius 2 is 2.15 bits per heavy atom. The molecule has 0 N–H and O–H groups in total. The maximum absolute atomic E-state index is 12.7. The van der Waals surface area contributed by atoms with Crippen LogP contribution in [0.1, 0.15) is 11.1 Å². The van der Waals surface area contributed by atoms with Crippen molar-refractivity contribution < 1.29 is 18.9 Å². The van der Waals surface area contributed by atoms with Gasteiger partial charge < -0.3 is 23.5 Å². The topological polar surface area (TPSA) is 58.9 Å². The van der Waals surface area contributed by atoms with Crippen LogP contribution in [0.25, 0.3) is 11.3 Å². The summed E-state index contributed by atoms with van der Waals surface area (Å²) < 4.78 is 24.3. The van der Waals surface area contributed by atoms with E-state index < -0.39 is 0 Å². The minimum absolute atomic E-state index is 0.0578. The molecule has 0 radical (unpaired) electrons. The second kappa shape index (κ2) is 7.96. The van der Waals surface area contributed by atoms with E-state index in [0.717, 1.165) is 29.0 Å². The summed E-state index contributed by atoms with van der Waals surface area (Å²) in [5.41, 5.74) is 3.99. The monoisotopic (exact) mass is 389 g/mol. The van der Waals surface area contributed by atoms with Gasteiger partial charge in [0, 0.05) is 23.7 Å². The van der Waals surface area contributed by atoms with Crippen molar-refractivity contribution >= 4 is 12.6 Å². The van der Waals surface area contributed by atoms with Gasteiger partial charge in [0.2, 0.25) is 0 Å². The number of aromatic nitrogens is 1. The first kappa shape index (κ1) is 18.4. The van der Waals surface area contributed by atoms with Gasteiger partial charge in [0.1, 0.15) is 30.1 Å². The fourth-order valence-corrected chi connectivity index (χ4v) is 3.80. The van der Waals surface area contributed by atoms with Crippen LogP contribution in [-0.4, -0.2) is 43.0 Å². The lowest BCUT2D eigenvalue weighted by Gasteiger charge is -2.27. The number of benzene rings is 1. The zero-order valence-electron chi connectivity index (χ0n) is 15.3. The van der Waals surface area contributed by atoms with E-state index in [1.54, 1.807) is 6.07 Å². The van der Waals surface area contributed by atoms with E-state index in [1.165, 1.54) is 5.56 Å². The van der Waals surface area contributed by atoms with Gasteiger partial charge in [-0.25, -0.2) is 0 Å². The molecule has 6 nitrogen and oxygen atoms in total. The molecule has 1 aromatic heterocycles. The second-order valence-corrected chi connectivity index (χ2v) is 6.95. The van der Waals surface area contributed by atoms with Crippen molar-refractivity contribution in [3.05, 3.63) is 45.7 Å². The quantitative estimate of drug-likeness (QED) is 0.629. The molecule has 1 fully saturated rings. The minimum atomic E-state index is -0.111. The van der Waals surface area contributed by atoms with Crippen molar-refractivity contribution in [2.75, 3.05) is 32.4 Å². The molecule has 144 valence electrons. The molecule has 4 rings (SSSR count). The van der Waals surface area contributed by atoms with Gasteiger partial charge in [-0.3, -0.25) is 4.79 Å². The van der Waals surface area contributed by atoms with E-state index in [0.29, 0.717) is 44.7 Å². The van der Waals surface area contributed by atoms with Crippen LogP contribution in [0.5, 0.6) is 11.5 Å². The first-order valence-electron chi connectivity index (χ1n) is 9.11. The van der Waals surface area contributed by atoms with Crippen molar-refractivity contribution in [1.82, 2.24) is 4.57 Å². The number of rotatable bonds is 5. The molecule has 2 aliphatic heterocycles. The van der Waals surface area contributed by atoms with Gasteiger partial charge in [0.05, 0.1) is 25.5 Å². The molecule has 3 heterocycles. The number of ether oxygens (including phenoxy) is 4.